The minimum Gasteiger partial charge on any atom is -0.464 e. The van der Waals surface area contributed by atoms with Gasteiger partial charge in [0.15, 0.2) is 0 Å². The number of esters is 1. The third-order valence-electron chi connectivity index (χ3n) is 10.5. The number of carbonyl (C=O) groups excluding carboxylic acids is 3. The Hall–Kier alpha value is -0.596. The van der Waals surface area contributed by atoms with Crippen molar-refractivity contribution in [1.29, 1.82) is 0 Å². The fraction of sp³-hybridized carbons (Fsp3) is 0.833. The molecule has 1 aliphatic carbocycles. The number of nitrogens with one attached hydrogen (secondary N) is 2. The van der Waals surface area contributed by atoms with Crippen LogP contribution in [0.15, 0.2) is 24.3 Å². The van der Waals surface area contributed by atoms with Crippen molar-refractivity contribution < 1.29 is 55.5 Å². The van der Waals surface area contributed by atoms with Gasteiger partial charge in [-0.2, -0.15) is 35.3 Å². The minimum atomic E-state index is -2.93. The van der Waals surface area contributed by atoms with Crippen LogP contribution in [0.3, 0.4) is 0 Å². The van der Waals surface area contributed by atoms with Crippen LogP contribution in [0, 0.1) is 23.7 Å². The molecule has 2 saturated heterocycles. The molecule has 0 spiro atoms. The SMILES string of the molecule is C=C1CSCC(COOCC2CC(C(=O)OCC3CSCC(=C)CS3)C(C(=O)NCCC[Si](OCC)(OCC)OCC)CC2C(=O)NCCC[Si](OCC)(OCC)OCC)SC1. The van der Waals surface area contributed by atoms with Crippen molar-refractivity contribution in [3.05, 3.63) is 24.3 Å². The molecule has 358 valence electrons. The van der Waals surface area contributed by atoms with Crippen LogP contribution in [-0.2, 0) is 55.5 Å². The smallest absolute Gasteiger partial charge is 0.464 e. The monoisotopic (exact) mass is 984 g/mol. The Morgan fingerprint density at radius 3 is 1.48 bits per heavy atom. The maximum absolute atomic E-state index is 14.3. The third kappa shape index (κ3) is 19.7. The molecule has 6 atom stereocenters. The molecule has 2 heterocycles. The molecule has 14 nitrogen and oxygen atoms in total. The Balaban J connectivity index is 1.81. The fourth-order valence-corrected chi connectivity index (χ4v) is 17.7. The van der Waals surface area contributed by atoms with Crippen LogP contribution in [-0.4, -0.2) is 153 Å². The fourth-order valence-electron chi connectivity index (χ4n) is 7.69. The first kappa shape index (κ1) is 55.7. The predicted molar refractivity (Wildman–Crippen MR) is 258 cm³/mol. The second-order valence-electron chi connectivity index (χ2n) is 15.4. The van der Waals surface area contributed by atoms with Crippen molar-refractivity contribution in [2.45, 2.75) is 89.8 Å². The lowest BCUT2D eigenvalue weighted by atomic mass is 9.67. The number of amides is 2. The minimum absolute atomic E-state index is 0.0821. The summed E-state index contributed by atoms with van der Waals surface area (Å²) in [5.41, 5.74) is 2.37. The van der Waals surface area contributed by atoms with E-state index in [1.54, 1.807) is 35.3 Å². The van der Waals surface area contributed by atoms with E-state index in [4.69, 9.17) is 41.1 Å². The maximum Gasteiger partial charge on any atom is 0.500 e. The highest BCUT2D eigenvalue weighted by Gasteiger charge is 2.48. The van der Waals surface area contributed by atoms with Gasteiger partial charge in [-0.3, -0.25) is 14.4 Å². The first-order valence-corrected chi connectivity index (χ1v) is 30.8. The van der Waals surface area contributed by atoms with Crippen LogP contribution in [0.1, 0.15) is 67.2 Å². The standard InChI is InChI=1S/C42H76N2O12S4Si2/c1-9-51-61(52-10-2,53-11-3)19-15-17-43-40(45)37-22-38(41(46)44-18-16-20-62(54-12-4,55-13-5)56-14-6)39(42(47)48-24-35-30-57-26-32(7)28-59-35)21-34(37)23-49-50-25-36-31-58-27-33(8)29-60-36/h34-39H,7-31H2,1-6H3,(H,43,45)(H,44,46). The zero-order chi connectivity index (χ0) is 45.2. The average Bonchev–Trinajstić information content (AvgIpc) is 3.60. The number of ether oxygens (including phenoxy) is 1. The van der Waals surface area contributed by atoms with Gasteiger partial charge in [0.1, 0.15) is 6.61 Å². The van der Waals surface area contributed by atoms with Gasteiger partial charge in [0.25, 0.3) is 0 Å². The zero-order valence-electron chi connectivity index (χ0n) is 38.2. The number of carbonyl (C=O) groups is 3. The van der Waals surface area contributed by atoms with Gasteiger partial charge < -0.3 is 41.9 Å². The summed E-state index contributed by atoms with van der Waals surface area (Å²) in [5.74, 6) is 1.70. The van der Waals surface area contributed by atoms with E-state index in [-0.39, 0.29) is 48.4 Å². The van der Waals surface area contributed by atoms with Crippen LogP contribution in [0.4, 0.5) is 0 Å². The molecule has 0 radical (unpaired) electrons. The normalized spacial score (nSPS) is 24.0. The molecular formula is C42H76N2O12S4Si2. The molecule has 0 bridgehead atoms. The Labute approximate surface area is 391 Å². The van der Waals surface area contributed by atoms with E-state index in [0.717, 1.165) is 40.1 Å². The molecule has 3 rings (SSSR count). The lowest BCUT2D eigenvalue weighted by Crippen LogP contribution is -2.50. The van der Waals surface area contributed by atoms with Crippen molar-refractivity contribution in [3.8, 4) is 0 Å². The van der Waals surface area contributed by atoms with Crippen molar-refractivity contribution in [2.75, 3.05) is 107 Å². The van der Waals surface area contributed by atoms with Gasteiger partial charge in [0, 0.05) is 116 Å². The van der Waals surface area contributed by atoms with Crippen molar-refractivity contribution in [2.24, 2.45) is 23.7 Å². The zero-order valence-corrected chi connectivity index (χ0v) is 43.4. The number of rotatable bonds is 30. The van der Waals surface area contributed by atoms with Crippen LogP contribution in [0.2, 0.25) is 12.1 Å². The molecule has 2 amide bonds. The van der Waals surface area contributed by atoms with E-state index in [1.807, 2.05) is 53.3 Å². The Morgan fingerprint density at radius 1 is 0.581 bits per heavy atom. The van der Waals surface area contributed by atoms with Crippen LogP contribution in [0.5, 0.6) is 0 Å². The second kappa shape index (κ2) is 31.4. The van der Waals surface area contributed by atoms with Gasteiger partial charge in [0.05, 0.1) is 25.0 Å². The topological polar surface area (TPSA) is 158 Å². The Morgan fingerprint density at radius 2 is 1.02 bits per heavy atom. The highest BCUT2D eigenvalue weighted by atomic mass is 32.2. The third-order valence-corrected chi connectivity index (χ3v) is 22.4. The van der Waals surface area contributed by atoms with E-state index in [2.05, 4.69) is 23.8 Å². The Bertz CT molecular complexity index is 1330. The van der Waals surface area contributed by atoms with Gasteiger partial charge in [-0.25, -0.2) is 9.78 Å². The molecule has 3 aliphatic rings. The van der Waals surface area contributed by atoms with Gasteiger partial charge in [-0.1, -0.05) is 24.3 Å². The molecule has 6 unspecified atom stereocenters. The quantitative estimate of drug-likeness (QED) is 0.0197. The number of hydrogen-bond donors (Lipinski definition) is 2. The van der Waals surface area contributed by atoms with Gasteiger partial charge in [-0.15, -0.1) is 11.8 Å². The summed E-state index contributed by atoms with van der Waals surface area (Å²) in [6.07, 6.45) is 1.50. The molecule has 20 heteroatoms. The van der Waals surface area contributed by atoms with E-state index in [1.165, 1.54) is 5.57 Å². The average molecular weight is 986 g/mol. The molecule has 0 aromatic rings. The van der Waals surface area contributed by atoms with Crippen LogP contribution < -0.4 is 10.6 Å². The van der Waals surface area contributed by atoms with Gasteiger partial charge in [-0.05, 0) is 73.1 Å². The van der Waals surface area contributed by atoms with Gasteiger partial charge >= 0.3 is 23.6 Å². The van der Waals surface area contributed by atoms with E-state index < -0.39 is 47.2 Å². The molecule has 2 N–H and O–H groups in total. The lowest BCUT2D eigenvalue weighted by Gasteiger charge is -2.39. The van der Waals surface area contributed by atoms with Crippen molar-refractivity contribution >= 4 is 82.4 Å². The molecule has 1 saturated carbocycles. The first-order valence-electron chi connectivity index (χ1n) is 22.5. The van der Waals surface area contributed by atoms with E-state index >= 15 is 0 Å². The molecular weight excluding hydrogens is 909 g/mol. The summed E-state index contributed by atoms with van der Waals surface area (Å²) < 4.78 is 42.2. The number of hydrogen-bond acceptors (Lipinski definition) is 16. The summed E-state index contributed by atoms with van der Waals surface area (Å²) in [7, 11) is -5.83. The molecule has 3 fully saturated rings. The summed E-state index contributed by atoms with van der Waals surface area (Å²) in [6, 6.07) is 1.07. The summed E-state index contributed by atoms with van der Waals surface area (Å²) >= 11 is 7.17. The summed E-state index contributed by atoms with van der Waals surface area (Å²) in [5, 5.41) is 6.57. The predicted octanol–water partition coefficient (Wildman–Crippen LogP) is 6.66. The highest BCUT2D eigenvalue weighted by Crippen LogP contribution is 2.40. The summed E-state index contributed by atoms with van der Waals surface area (Å²) in [6.45, 7) is 23.9. The molecule has 0 aromatic carbocycles. The van der Waals surface area contributed by atoms with Crippen LogP contribution in [0.25, 0.3) is 0 Å². The van der Waals surface area contributed by atoms with E-state index in [0.29, 0.717) is 84.3 Å². The maximum atomic E-state index is 14.3. The lowest BCUT2D eigenvalue weighted by molar-refractivity contribution is -0.303. The number of thioether (sulfide) groups is 4. The van der Waals surface area contributed by atoms with Crippen molar-refractivity contribution in [3.63, 3.8) is 0 Å². The first-order chi connectivity index (χ1) is 30.0. The molecule has 62 heavy (non-hydrogen) atoms. The van der Waals surface area contributed by atoms with Gasteiger partial charge in [0.2, 0.25) is 11.8 Å². The second-order valence-corrected chi connectivity index (χ2v) is 25.5. The van der Waals surface area contributed by atoms with Crippen LogP contribution >= 0.6 is 47.0 Å². The largest absolute Gasteiger partial charge is 0.500 e. The molecule has 0 aromatic heterocycles. The Kier molecular flexibility index (Phi) is 28.2. The summed E-state index contributed by atoms with van der Waals surface area (Å²) in [4.78, 5) is 54.4. The highest BCUT2D eigenvalue weighted by molar-refractivity contribution is 8.04. The molecule has 2 aliphatic heterocycles. The van der Waals surface area contributed by atoms with E-state index in [9.17, 15) is 14.4 Å². The van der Waals surface area contributed by atoms with Crippen molar-refractivity contribution in [1.82, 2.24) is 10.6 Å².